The molecule has 33 heavy (non-hydrogen) atoms. The molecule has 0 fully saturated rings. The highest BCUT2D eigenvalue weighted by molar-refractivity contribution is 5.93. The first kappa shape index (κ1) is 23.5. The third kappa shape index (κ3) is 5.76. The lowest BCUT2D eigenvalue weighted by molar-refractivity contribution is -0.137. The summed E-state index contributed by atoms with van der Waals surface area (Å²) in [6.45, 7) is 0. The number of benzene rings is 2. The van der Waals surface area contributed by atoms with Crippen LogP contribution in [0.1, 0.15) is 21.6 Å². The fourth-order valence-corrected chi connectivity index (χ4v) is 2.84. The molecule has 172 valence electrons. The van der Waals surface area contributed by atoms with Crippen LogP contribution in [-0.4, -0.2) is 43.4 Å². The van der Waals surface area contributed by atoms with Crippen LogP contribution in [0.2, 0.25) is 0 Å². The maximum absolute atomic E-state index is 13.5. The van der Waals surface area contributed by atoms with Crippen molar-refractivity contribution in [3.05, 3.63) is 65.6 Å². The lowest BCUT2D eigenvalue weighted by atomic mass is 10.0. The number of halogens is 3. The maximum Gasteiger partial charge on any atom is 0.417 e. The van der Waals surface area contributed by atoms with Crippen molar-refractivity contribution in [2.75, 3.05) is 21.3 Å². The highest BCUT2D eigenvalue weighted by atomic mass is 19.4. The van der Waals surface area contributed by atoms with Crippen LogP contribution in [0.15, 0.2) is 53.9 Å². The van der Waals surface area contributed by atoms with E-state index < -0.39 is 17.6 Å². The van der Waals surface area contributed by atoms with E-state index in [0.717, 1.165) is 18.5 Å². The quantitative estimate of drug-likeness (QED) is 0.424. The Balaban J connectivity index is 1.83. The molecule has 0 aliphatic carbocycles. The van der Waals surface area contributed by atoms with Gasteiger partial charge in [-0.2, -0.15) is 18.3 Å². The molecular formula is C22H19F3N4O4. The number of carbonyl (C=O) groups excluding carboxylic acids is 1. The number of carbonyl (C=O) groups is 1. The summed E-state index contributed by atoms with van der Waals surface area (Å²) in [6, 6.07) is 8.44. The van der Waals surface area contributed by atoms with Gasteiger partial charge in [0.15, 0.2) is 0 Å². The standard InChI is InChI=1S/C22H19F3N4O4/c1-31-14-4-5-17(18(9-14)22(23,24)25)19-11-26-12-20(28-19)21(30)29-27-10-13-6-15(32-2)8-16(7-13)33-3/h4-12H,1-3H3,(H,29,30). The third-order valence-corrected chi connectivity index (χ3v) is 4.43. The zero-order valence-electron chi connectivity index (χ0n) is 17.8. The number of aromatic nitrogens is 2. The molecule has 11 heteroatoms. The first-order valence-electron chi connectivity index (χ1n) is 9.39. The summed E-state index contributed by atoms with van der Waals surface area (Å²) in [5.74, 6) is 0.343. The molecule has 8 nitrogen and oxygen atoms in total. The van der Waals surface area contributed by atoms with Crippen molar-refractivity contribution >= 4 is 12.1 Å². The van der Waals surface area contributed by atoms with Gasteiger partial charge >= 0.3 is 6.18 Å². The lowest BCUT2D eigenvalue weighted by Gasteiger charge is -2.14. The minimum atomic E-state index is -4.66. The molecule has 0 unspecified atom stereocenters. The van der Waals surface area contributed by atoms with E-state index in [1.54, 1.807) is 18.2 Å². The Hall–Kier alpha value is -4.15. The van der Waals surface area contributed by atoms with E-state index in [4.69, 9.17) is 14.2 Å². The molecule has 1 aromatic heterocycles. The Bertz CT molecular complexity index is 1160. The average molecular weight is 460 g/mol. The van der Waals surface area contributed by atoms with Crippen molar-refractivity contribution in [1.29, 1.82) is 0 Å². The molecule has 0 bridgehead atoms. The molecule has 3 aromatic rings. The Morgan fingerprint density at radius 3 is 2.24 bits per heavy atom. The summed E-state index contributed by atoms with van der Waals surface area (Å²) in [7, 11) is 4.26. The number of rotatable bonds is 7. The molecule has 0 saturated heterocycles. The maximum atomic E-state index is 13.5. The summed E-state index contributed by atoms with van der Waals surface area (Å²) >= 11 is 0. The van der Waals surface area contributed by atoms with Gasteiger partial charge in [-0.25, -0.2) is 10.4 Å². The Morgan fingerprint density at radius 1 is 0.970 bits per heavy atom. The van der Waals surface area contributed by atoms with Crippen molar-refractivity contribution in [3.63, 3.8) is 0 Å². The Labute approximate surface area is 187 Å². The minimum Gasteiger partial charge on any atom is -0.497 e. The summed E-state index contributed by atoms with van der Waals surface area (Å²) in [5, 5.41) is 3.85. The van der Waals surface area contributed by atoms with Crippen LogP contribution < -0.4 is 19.6 Å². The van der Waals surface area contributed by atoms with Gasteiger partial charge in [0, 0.05) is 17.2 Å². The van der Waals surface area contributed by atoms with E-state index in [0.29, 0.717) is 17.1 Å². The molecule has 0 saturated carbocycles. The number of hydrogen-bond donors (Lipinski definition) is 1. The number of amides is 1. The number of ether oxygens (including phenoxy) is 3. The minimum absolute atomic E-state index is 0.0384. The second-order valence-electron chi connectivity index (χ2n) is 6.54. The highest BCUT2D eigenvalue weighted by Gasteiger charge is 2.34. The van der Waals surface area contributed by atoms with Gasteiger partial charge < -0.3 is 14.2 Å². The van der Waals surface area contributed by atoms with Gasteiger partial charge in [-0.1, -0.05) is 0 Å². The molecule has 0 atom stereocenters. The molecule has 1 N–H and O–H groups in total. The van der Waals surface area contributed by atoms with Gasteiger partial charge in [0.1, 0.15) is 22.9 Å². The molecular weight excluding hydrogens is 441 g/mol. The summed E-state index contributed by atoms with van der Waals surface area (Å²) in [5.41, 5.74) is 1.32. The molecule has 1 heterocycles. The summed E-state index contributed by atoms with van der Waals surface area (Å²) < 4.78 is 55.8. The van der Waals surface area contributed by atoms with E-state index in [-0.39, 0.29) is 22.7 Å². The van der Waals surface area contributed by atoms with Gasteiger partial charge in [-0.3, -0.25) is 9.78 Å². The van der Waals surface area contributed by atoms with Crippen molar-refractivity contribution in [1.82, 2.24) is 15.4 Å². The summed E-state index contributed by atoms with van der Waals surface area (Å²) in [6.07, 6.45) is -1.04. The van der Waals surface area contributed by atoms with E-state index in [9.17, 15) is 18.0 Å². The highest BCUT2D eigenvalue weighted by Crippen LogP contribution is 2.38. The van der Waals surface area contributed by atoms with Crippen LogP contribution in [0.25, 0.3) is 11.3 Å². The fraction of sp³-hybridized carbons (Fsp3) is 0.182. The smallest absolute Gasteiger partial charge is 0.417 e. The molecule has 1 amide bonds. The van der Waals surface area contributed by atoms with E-state index in [1.165, 1.54) is 39.7 Å². The second-order valence-corrected chi connectivity index (χ2v) is 6.54. The first-order chi connectivity index (χ1) is 15.7. The average Bonchev–Trinajstić information content (AvgIpc) is 2.82. The van der Waals surface area contributed by atoms with Crippen molar-refractivity contribution in [2.45, 2.75) is 6.18 Å². The number of nitrogens with one attached hydrogen (secondary N) is 1. The van der Waals surface area contributed by atoms with Crippen LogP contribution in [0, 0.1) is 0 Å². The summed E-state index contributed by atoms with van der Waals surface area (Å²) in [4.78, 5) is 20.3. The predicted molar refractivity (Wildman–Crippen MR) is 114 cm³/mol. The number of hydrogen-bond acceptors (Lipinski definition) is 7. The molecule has 0 radical (unpaired) electrons. The fourth-order valence-electron chi connectivity index (χ4n) is 2.84. The number of nitrogens with zero attached hydrogens (tertiary/aromatic N) is 3. The molecule has 0 spiro atoms. The van der Waals surface area contributed by atoms with Crippen LogP contribution in [-0.2, 0) is 6.18 Å². The number of methoxy groups -OCH3 is 3. The number of hydrazone groups is 1. The normalized spacial score (nSPS) is 11.3. The van der Waals surface area contributed by atoms with E-state index >= 15 is 0 Å². The van der Waals surface area contributed by atoms with Gasteiger partial charge in [0.2, 0.25) is 0 Å². The zero-order valence-corrected chi connectivity index (χ0v) is 17.8. The van der Waals surface area contributed by atoms with Crippen molar-refractivity contribution < 1.29 is 32.2 Å². The first-order valence-corrected chi connectivity index (χ1v) is 9.39. The SMILES string of the molecule is COc1cc(C=NNC(=O)c2cncc(-c3ccc(OC)cc3C(F)(F)F)n2)cc(OC)c1. The van der Waals surface area contributed by atoms with Gasteiger partial charge in [-0.05, 0) is 30.3 Å². The Morgan fingerprint density at radius 2 is 1.64 bits per heavy atom. The molecule has 3 rings (SSSR count). The van der Waals surface area contributed by atoms with Gasteiger partial charge in [0.25, 0.3) is 5.91 Å². The van der Waals surface area contributed by atoms with Crippen LogP contribution in [0.5, 0.6) is 17.2 Å². The Kier molecular flexibility index (Phi) is 7.11. The molecule has 0 aliphatic heterocycles. The van der Waals surface area contributed by atoms with Crippen LogP contribution >= 0.6 is 0 Å². The second kappa shape index (κ2) is 9.98. The van der Waals surface area contributed by atoms with Crippen molar-refractivity contribution in [2.24, 2.45) is 5.10 Å². The van der Waals surface area contributed by atoms with Gasteiger partial charge in [-0.15, -0.1) is 0 Å². The number of alkyl halides is 3. The topological polar surface area (TPSA) is 94.9 Å². The van der Waals surface area contributed by atoms with Gasteiger partial charge in [0.05, 0.1) is 51.2 Å². The van der Waals surface area contributed by atoms with Crippen LogP contribution in [0.4, 0.5) is 13.2 Å². The lowest BCUT2D eigenvalue weighted by Crippen LogP contribution is -2.19. The molecule has 0 aliphatic rings. The third-order valence-electron chi connectivity index (χ3n) is 4.43. The molecule has 2 aromatic carbocycles. The monoisotopic (exact) mass is 460 g/mol. The van der Waals surface area contributed by atoms with E-state index in [2.05, 4.69) is 20.5 Å². The largest absolute Gasteiger partial charge is 0.497 e. The van der Waals surface area contributed by atoms with E-state index in [1.807, 2.05) is 0 Å². The predicted octanol–water partition coefficient (Wildman–Crippen LogP) is 3.95. The zero-order chi connectivity index (χ0) is 24.0. The van der Waals surface area contributed by atoms with Crippen LogP contribution in [0.3, 0.4) is 0 Å². The van der Waals surface area contributed by atoms with Crippen molar-refractivity contribution in [3.8, 4) is 28.5 Å².